The first-order chi connectivity index (χ1) is 8.97. The van der Waals surface area contributed by atoms with E-state index in [1.807, 2.05) is 26.0 Å². The predicted octanol–water partition coefficient (Wildman–Crippen LogP) is 5.18. The van der Waals surface area contributed by atoms with Crippen LogP contribution in [-0.2, 0) is 0 Å². The smallest absolute Gasteiger partial charge is 0.115 e. The summed E-state index contributed by atoms with van der Waals surface area (Å²) in [7, 11) is 0. The molecule has 0 aromatic heterocycles. The molecular weight excluding hydrogens is 281 g/mol. The highest BCUT2D eigenvalue weighted by molar-refractivity contribution is 6.33. The van der Waals surface area contributed by atoms with Crippen molar-refractivity contribution in [3.63, 3.8) is 0 Å². The van der Waals surface area contributed by atoms with Crippen LogP contribution in [0.4, 0.5) is 5.69 Å². The molecule has 2 aromatic carbocycles. The number of benzene rings is 2. The second-order valence-corrected chi connectivity index (χ2v) is 5.37. The third kappa shape index (κ3) is 3.34. The van der Waals surface area contributed by atoms with E-state index < -0.39 is 0 Å². The molecule has 2 N–H and O–H groups in total. The normalized spacial score (nSPS) is 12.2. The molecule has 2 rings (SSSR count). The third-order valence-corrected chi connectivity index (χ3v) is 3.59. The van der Waals surface area contributed by atoms with Crippen molar-refractivity contribution >= 4 is 28.9 Å². The van der Waals surface area contributed by atoms with E-state index in [0.717, 1.165) is 16.8 Å². The molecule has 2 nitrogen and oxygen atoms in total. The summed E-state index contributed by atoms with van der Waals surface area (Å²) in [6, 6.07) is 10.7. The molecule has 0 saturated heterocycles. The highest BCUT2D eigenvalue weighted by Crippen LogP contribution is 2.30. The highest BCUT2D eigenvalue weighted by atomic mass is 35.5. The van der Waals surface area contributed by atoms with Gasteiger partial charge in [-0.15, -0.1) is 0 Å². The van der Waals surface area contributed by atoms with Crippen molar-refractivity contribution in [3.05, 3.63) is 57.6 Å². The van der Waals surface area contributed by atoms with Gasteiger partial charge in [0.05, 0.1) is 6.04 Å². The topological polar surface area (TPSA) is 32.3 Å². The molecular formula is C15H15Cl2NO. The van der Waals surface area contributed by atoms with Crippen molar-refractivity contribution in [2.75, 3.05) is 5.32 Å². The van der Waals surface area contributed by atoms with E-state index >= 15 is 0 Å². The number of hydrogen-bond acceptors (Lipinski definition) is 2. The first kappa shape index (κ1) is 14.0. The lowest BCUT2D eigenvalue weighted by Gasteiger charge is -2.19. The largest absolute Gasteiger partial charge is 0.508 e. The lowest BCUT2D eigenvalue weighted by molar-refractivity contribution is 0.475. The Morgan fingerprint density at radius 3 is 2.53 bits per heavy atom. The summed E-state index contributed by atoms with van der Waals surface area (Å²) < 4.78 is 0. The van der Waals surface area contributed by atoms with Crippen molar-refractivity contribution in [1.82, 2.24) is 0 Å². The summed E-state index contributed by atoms with van der Waals surface area (Å²) in [6.45, 7) is 3.96. The average Bonchev–Trinajstić information content (AvgIpc) is 2.35. The van der Waals surface area contributed by atoms with Crippen LogP contribution < -0.4 is 5.32 Å². The molecule has 0 fully saturated rings. The fraction of sp³-hybridized carbons (Fsp3) is 0.200. The molecule has 1 atom stereocenters. The lowest BCUT2D eigenvalue weighted by Crippen LogP contribution is -2.08. The van der Waals surface area contributed by atoms with E-state index in [1.165, 1.54) is 0 Å². The first-order valence-electron chi connectivity index (χ1n) is 5.98. The molecule has 19 heavy (non-hydrogen) atoms. The van der Waals surface area contributed by atoms with E-state index in [2.05, 4.69) is 5.32 Å². The van der Waals surface area contributed by atoms with Gasteiger partial charge >= 0.3 is 0 Å². The van der Waals surface area contributed by atoms with Crippen LogP contribution >= 0.6 is 23.2 Å². The second kappa shape index (κ2) is 5.72. The molecule has 0 amide bonds. The van der Waals surface area contributed by atoms with E-state index in [9.17, 15) is 5.11 Å². The molecule has 0 spiro atoms. The summed E-state index contributed by atoms with van der Waals surface area (Å²) in [4.78, 5) is 0. The van der Waals surface area contributed by atoms with Crippen LogP contribution in [0.1, 0.15) is 24.1 Å². The molecule has 0 saturated carbocycles. The molecule has 1 unspecified atom stereocenters. The third-order valence-electron chi connectivity index (χ3n) is 3.01. The quantitative estimate of drug-likeness (QED) is 0.765. The second-order valence-electron chi connectivity index (χ2n) is 4.53. The van der Waals surface area contributed by atoms with E-state index in [-0.39, 0.29) is 11.8 Å². The maximum absolute atomic E-state index is 9.40. The van der Waals surface area contributed by atoms with Gasteiger partial charge in [0.15, 0.2) is 0 Å². The molecule has 0 bridgehead atoms. The van der Waals surface area contributed by atoms with Gasteiger partial charge in [-0.05, 0) is 61.4 Å². The molecule has 4 heteroatoms. The van der Waals surface area contributed by atoms with Crippen LogP contribution in [0, 0.1) is 6.92 Å². The van der Waals surface area contributed by atoms with Gasteiger partial charge in [0.1, 0.15) is 5.75 Å². The number of nitrogens with one attached hydrogen (secondary N) is 1. The first-order valence-corrected chi connectivity index (χ1v) is 6.74. The fourth-order valence-electron chi connectivity index (χ4n) is 1.97. The maximum atomic E-state index is 9.40. The van der Waals surface area contributed by atoms with E-state index in [4.69, 9.17) is 23.2 Å². The molecule has 2 aromatic rings. The lowest BCUT2D eigenvalue weighted by atomic mass is 10.1. The number of phenolic OH excluding ortho intramolecular Hbond substituents is 1. The van der Waals surface area contributed by atoms with E-state index in [1.54, 1.807) is 24.3 Å². The van der Waals surface area contributed by atoms with Gasteiger partial charge in [0, 0.05) is 15.7 Å². The van der Waals surface area contributed by atoms with Gasteiger partial charge < -0.3 is 10.4 Å². The molecule has 0 aliphatic carbocycles. The summed E-state index contributed by atoms with van der Waals surface area (Å²) in [5, 5.41) is 14.1. The molecule has 0 radical (unpaired) electrons. The monoisotopic (exact) mass is 295 g/mol. The molecule has 0 aliphatic heterocycles. The Labute approximate surface area is 123 Å². The maximum Gasteiger partial charge on any atom is 0.115 e. The van der Waals surface area contributed by atoms with Crippen molar-refractivity contribution in [1.29, 1.82) is 0 Å². The van der Waals surface area contributed by atoms with Crippen LogP contribution in [0.2, 0.25) is 10.0 Å². The van der Waals surface area contributed by atoms with E-state index in [0.29, 0.717) is 10.0 Å². The molecule has 0 aliphatic rings. The van der Waals surface area contributed by atoms with Crippen molar-refractivity contribution in [3.8, 4) is 5.75 Å². The minimum atomic E-state index is 0.0226. The van der Waals surface area contributed by atoms with Crippen molar-refractivity contribution < 1.29 is 5.11 Å². The SMILES string of the molecule is Cc1cc(O)ccc1NC(C)c1cc(Cl)ccc1Cl. The Kier molecular flexibility index (Phi) is 4.23. The Hall–Kier alpha value is -1.38. The molecule has 100 valence electrons. The van der Waals surface area contributed by atoms with Crippen LogP contribution in [0.3, 0.4) is 0 Å². The van der Waals surface area contributed by atoms with Gasteiger partial charge in [-0.25, -0.2) is 0 Å². The summed E-state index contributed by atoms with van der Waals surface area (Å²) >= 11 is 12.2. The Balaban J connectivity index is 2.25. The fourth-order valence-corrected chi connectivity index (χ4v) is 2.43. The highest BCUT2D eigenvalue weighted by Gasteiger charge is 2.11. The van der Waals surface area contributed by atoms with Crippen LogP contribution in [0.15, 0.2) is 36.4 Å². The number of phenols is 1. The number of halogens is 2. The van der Waals surface area contributed by atoms with Crippen molar-refractivity contribution in [2.45, 2.75) is 19.9 Å². The number of aryl methyl sites for hydroxylation is 1. The van der Waals surface area contributed by atoms with Crippen LogP contribution in [0.25, 0.3) is 0 Å². The predicted molar refractivity (Wildman–Crippen MR) is 81.3 cm³/mol. The summed E-state index contributed by atoms with van der Waals surface area (Å²) in [6.07, 6.45) is 0. The van der Waals surface area contributed by atoms with Crippen molar-refractivity contribution in [2.24, 2.45) is 0 Å². The molecule has 0 heterocycles. The zero-order valence-electron chi connectivity index (χ0n) is 10.7. The summed E-state index contributed by atoms with van der Waals surface area (Å²) in [5.74, 6) is 0.261. The minimum Gasteiger partial charge on any atom is -0.508 e. The zero-order chi connectivity index (χ0) is 14.0. The number of aromatic hydroxyl groups is 1. The van der Waals surface area contributed by atoms with Crippen LogP contribution in [-0.4, -0.2) is 5.11 Å². The Morgan fingerprint density at radius 1 is 1.11 bits per heavy atom. The van der Waals surface area contributed by atoms with Gasteiger partial charge in [0.2, 0.25) is 0 Å². The van der Waals surface area contributed by atoms with Gasteiger partial charge in [-0.2, -0.15) is 0 Å². The average molecular weight is 296 g/mol. The van der Waals surface area contributed by atoms with Gasteiger partial charge in [0.25, 0.3) is 0 Å². The number of hydrogen-bond donors (Lipinski definition) is 2. The van der Waals surface area contributed by atoms with Crippen LogP contribution in [0.5, 0.6) is 5.75 Å². The minimum absolute atomic E-state index is 0.0226. The Bertz CT molecular complexity index is 599. The number of rotatable bonds is 3. The van der Waals surface area contributed by atoms with Gasteiger partial charge in [-0.1, -0.05) is 23.2 Å². The Morgan fingerprint density at radius 2 is 1.84 bits per heavy atom. The van der Waals surface area contributed by atoms with Gasteiger partial charge in [-0.3, -0.25) is 0 Å². The standard InChI is InChI=1S/C15H15Cl2NO/c1-9-7-12(19)4-6-15(9)18-10(2)13-8-11(16)3-5-14(13)17/h3-8,10,18-19H,1-2H3. The number of anilines is 1. The summed E-state index contributed by atoms with van der Waals surface area (Å²) in [5.41, 5.74) is 2.88. The zero-order valence-corrected chi connectivity index (χ0v) is 12.3.